The van der Waals surface area contributed by atoms with E-state index in [1.165, 1.54) is 17.2 Å². The second-order valence-corrected chi connectivity index (χ2v) is 7.09. The van der Waals surface area contributed by atoms with Gasteiger partial charge in [0.1, 0.15) is 0 Å². The summed E-state index contributed by atoms with van der Waals surface area (Å²) in [5.74, 6) is 0.281. The third-order valence-corrected chi connectivity index (χ3v) is 5.70. The van der Waals surface area contributed by atoms with Crippen LogP contribution in [0.25, 0.3) is 0 Å². The van der Waals surface area contributed by atoms with Crippen molar-refractivity contribution in [3.05, 3.63) is 80.4 Å². The van der Waals surface area contributed by atoms with E-state index >= 15 is 0 Å². The Morgan fingerprint density at radius 3 is 2.68 bits per heavy atom. The number of nitro benzene ring substituents is 1. The number of nitrogens with one attached hydrogen (secondary N) is 1. The van der Waals surface area contributed by atoms with Crippen molar-refractivity contribution in [1.82, 2.24) is 0 Å². The fraction of sp³-hybridized carbons (Fsp3) is 0.300. The van der Waals surface area contributed by atoms with Gasteiger partial charge >= 0.3 is 0 Å². The third kappa shape index (κ3) is 2.61. The first-order valence-corrected chi connectivity index (χ1v) is 8.96. The molecule has 1 aliphatic carbocycles. The maximum absolute atomic E-state index is 11.5. The molecule has 2 aromatic rings. The van der Waals surface area contributed by atoms with Crippen LogP contribution in [0.4, 0.5) is 11.4 Å². The highest BCUT2D eigenvalue weighted by Crippen LogP contribution is 2.54. The molecule has 0 amide bonds. The number of nitrogens with zero attached hydrogens (tertiary/aromatic N) is 1. The second kappa shape index (κ2) is 6.19. The molecular formula is C20H19ClN2O2. The van der Waals surface area contributed by atoms with Gasteiger partial charge in [-0.15, -0.1) is 0 Å². The van der Waals surface area contributed by atoms with E-state index in [0.717, 1.165) is 18.4 Å². The summed E-state index contributed by atoms with van der Waals surface area (Å²) in [5.41, 5.74) is 4.07. The lowest BCUT2D eigenvalue weighted by atomic mass is 9.76. The summed E-state index contributed by atoms with van der Waals surface area (Å²) in [5, 5.41) is 15.6. The van der Waals surface area contributed by atoms with Crippen LogP contribution in [0.1, 0.15) is 42.0 Å². The van der Waals surface area contributed by atoms with Gasteiger partial charge in [0.05, 0.1) is 27.2 Å². The van der Waals surface area contributed by atoms with Gasteiger partial charge in [-0.2, -0.15) is 0 Å². The van der Waals surface area contributed by atoms with Gasteiger partial charge < -0.3 is 5.32 Å². The number of fused-ring (bicyclic) bond motifs is 3. The first-order valence-electron chi connectivity index (χ1n) is 8.59. The summed E-state index contributed by atoms with van der Waals surface area (Å²) in [6.07, 6.45) is 6.14. The van der Waals surface area contributed by atoms with Gasteiger partial charge in [-0.05, 0) is 36.0 Å². The number of allylic oxidation sites excluding steroid dienone is 2. The number of aryl methyl sites for hydroxylation is 1. The molecule has 1 N–H and O–H groups in total. The number of benzene rings is 2. The summed E-state index contributed by atoms with van der Waals surface area (Å²) < 4.78 is 0. The number of hydrogen-bond acceptors (Lipinski definition) is 3. The van der Waals surface area contributed by atoms with E-state index in [4.69, 9.17) is 11.6 Å². The van der Waals surface area contributed by atoms with Crippen LogP contribution in [0.15, 0.2) is 48.6 Å². The number of hydrogen-bond donors (Lipinski definition) is 1. The Hall–Kier alpha value is -2.33. The Morgan fingerprint density at radius 1 is 1.24 bits per heavy atom. The molecular weight excluding hydrogens is 336 g/mol. The van der Waals surface area contributed by atoms with Crippen molar-refractivity contribution >= 4 is 23.0 Å². The number of nitro groups is 1. The molecule has 25 heavy (non-hydrogen) atoms. The lowest BCUT2D eigenvalue weighted by Crippen LogP contribution is -2.29. The lowest BCUT2D eigenvalue weighted by molar-refractivity contribution is -0.385. The molecule has 0 spiro atoms. The summed E-state index contributed by atoms with van der Waals surface area (Å²) in [7, 11) is 0. The fourth-order valence-electron chi connectivity index (χ4n) is 4.10. The monoisotopic (exact) mass is 354 g/mol. The molecule has 0 bridgehead atoms. The molecule has 2 aromatic carbocycles. The Bertz CT molecular complexity index is 861. The van der Waals surface area contributed by atoms with Crippen molar-refractivity contribution in [2.75, 3.05) is 5.32 Å². The highest BCUT2D eigenvalue weighted by molar-refractivity contribution is 6.33. The summed E-state index contributed by atoms with van der Waals surface area (Å²) in [6.45, 7) is 2.14. The molecule has 5 heteroatoms. The number of halogens is 1. The van der Waals surface area contributed by atoms with Crippen LogP contribution in [0.5, 0.6) is 0 Å². The molecule has 4 rings (SSSR count). The normalized spacial score (nSPS) is 23.7. The summed E-state index contributed by atoms with van der Waals surface area (Å²) in [6, 6.07) is 11.8. The Morgan fingerprint density at radius 2 is 2.00 bits per heavy atom. The zero-order valence-corrected chi connectivity index (χ0v) is 14.7. The molecule has 1 heterocycles. The van der Waals surface area contributed by atoms with Crippen molar-refractivity contribution in [2.24, 2.45) is 5.92 Å². The maximum atomic E-state index is 11.5. The van der Waals surface area contributed by atoms with E-state index in [1.807, 2.05) is 0 Å². The van der Waals surface area contributed by atoms with Crippen molar-refractivity contribution in [3.8, 4) is 0 Å². The van der Waals surface area contributed by atoms with Gasteiger partial charge in [-0.3, -0.25) is 10.1 Å². The van der Waals surface area contributed by atoms with E-state index in [1.54, 1.807) is 6.07 Å². The molecule has 0 radical (unpaired) electrons. The summed E-state index contributed by atoms with van der Waals surface area (Å²) >= 11 is 6.40. The minimum atomic E-state index is -0.309. The number of rotatable bonds is 3. The minimum Gasteiger partial charge on any atom is -0.376 e. The molecule has 0 fully saturated rings. The predicted octanol–water partition coefficient (Wildman–Crippen LogP) is 5.64. The fourth-order valence-corrected chi connectivity index (χ4v) is 4.32. The summed E-state index contributed by atoms with van der Waals surface area (Å²) in [4.78, 5) is 11.2. The molecule has 1 aliphatic heterocycles. The van der Waals surface area contributed by atoms with Crippen LogP contribution in [0.2, 0.25) is 5.02 Å². The molecule has 4 nitrogen and oxygen atoms in total. The number of anilines is 1. The van der Waals surface area contributed by atoms with Crippen LogP contribution in [-0.4, -0.2) is 4.92 Å². The van der Waals surface area contributed by atoms with Crippen LogP contribution >= 0.6 is 11.6 Å². The molecule has 0 saturated heterocycles. The van der Waals surface area contributed by atoms with Crippen molar-refractivity contribution < 1.29 is 4.92 Å². The zero-order valence-electron chi connectivity index (χ0n) is 13.9. The van der Waals surface area contributed by atoms with Gasteiger partial charge in [-0.1, -0.05) is 54.9 Å². The van der Waals surface area contributed by atoms with Gasteiger partial charge in [0.2, 0.25) is 0 Å². The van der Waals surface area contributed by atoms with Crippen LogP contribution < -0.4 is 5.32 Å². The molecule has 128 valence electrons. The first-order chi connectivity index (χ1) is 12.1. The molecule has 0 saturated carbocycles. The van der Waals surface area contributed by atoms with Crippen molar-refractivity contribution in [2.45, 2.75) is 31.7 Å². The standard InChI is InChI=1S/C20H19ClN2O2/c1-2-12-6-8-13(9-7-12)19-15-5-3-4-14(15)18-17(23(24)25)11-10-16(21)20(18)22-19/h3-4,6-11,14-15,19,22H,2,5H2,1H3/t14-,15+,19+/m1/s1. The van der Waals surface area contributed by atoms with E-state index in [-0.39, 0.29) is 28.5 Å². The largest absolute Gasteiger partial charge is 0.376 e. The maximum Gasteiger partial charge on any atom is 0.275 e. The molecule has 3 atom stereocenters. The van der Waals surface area contributed by atoms with Gasteiger partial charge in [0.15, 0.2) is 0 Å². The van der Waals surface area contributed by atoms with Crippen LogP contribution in [0, 0.1) is 16.0 Å². The van der Waals surface area contributed by atoms with Crippen LogP contribution in [0.3, 0.4) is 0 Å². The molecule has 2 aliphatic rings. The Labute approximate surface area is 151 Å². The van der Waals surface area contributed by atoms with E-state index in [0.29, 0.717) is 10.7 Å². The lowest BCUT2D eigenvalue weighted by Gasteiger charge is -2.37. The highest BCUT2D eigenvalue weighted by atomic mass is 35.5. The Balaban J connectivity index is 1.82. The van der Waals surface area contributed by atoms with Crippen molar-refractivity contribution in [1.29, 1.82) is 0 Å². The second-order valence-electron chi connectivity index (χ2n) is 6.68. The topological polar surface area (TPSA) is 55.2 Å². The molecule has 0 unspecified atom stereocenters. The van der Waals surface area contributed by atoms with Gasteiger partial charge in [0, 0.05) is 12.0 Å². The smallest absolute Gasteiger partial charge is 0.275 e. The quantitative estimate of drug-likeness (QED) is 0.441. The Kier molecular flexibility index (Phi) is 4.00. The van der Waals surface area contributed by atoms with Gasteiger partial charge in [0.25, 0.3) is 5.69 Å². The predicted molar refractivity (Wildman–Crippen MR) is 100 cm³/mol. The SMILES string of the molecule is CCc1ccc([C@@H]2Nc3c(Cl)ccc([N+](=O)[O-])c3[C@@H]3C=CC[C@@H]32)cc1. The zero-order chi connectivity index (χ0) is 17.6. The van der Waals surface area contributed by atoms with Crippen molar-refractivity contribution in [3.63, 3.8) is 0 Å². The van der Waals surface area contributed by atoms with E-state index in [2.05, 4.69) is 48.7 Å². The minimum absolute atomic E-state index is 0.0196. The molecule has 0 aromatic heterocycles. The van der Waals surface area contributed by atoms with E-state index < -0.39 is 0 Å². The highest BCUT2D eigenvalue weighted by Gasteiger charge is 2.42. The average Bonchev–Trinajstić information content (AvgIpc) is 3.11. The van der Waals surface area contributed by atoms with E-state index in [9.17, 15) is 10.1 Å². The average molecular weight is 355 g/mol. The third-order valence-electron chi connectivity index (χ3n) is 5.39. The van der Waals surface area contributed by atoms with Gasteiger partial charge in [-0.25, -0.2) is 0 Å². The first kappa shape index (κ1) is 16.2. The van der Waals surface area contributed by atoms with Crippen LogP contribution in [-0.2, 0) is 6.42 Å².